The Hall–Kier alpha value is -3.60. The highest BCUT2D eigenvalue weighted by Gasteiger charge is 2.38. The monoisotopic (exact) mass is 552 g/mol. The van der Waals surface area contributed by atoms with Crippen LogP contribution in [0.25, 0.3) is 11.1 Å². The van der Waals surface area contributed by atoms with Crippen LogP contribution in [-0.2, 0) is 10.0 Å². The zero-order valence-electron chi connectivity index (χ0n) is 22.1. The minimum absolute atomic E-state index is 0.0316. The highest BCUT2D eigenvalue weighted by Crippen LogP contribution is 2.37. The molecule has 2 aliphatic rings. The molecular formula is C29H32N2O7S. The largest absolute Gasteiger partial charge is 0.487 e. The Morgan fingerprint density at radius 3 is 2.51 bits per heavy atom. The van der Waals surface area contributed by atoms with Gasteiger partial charge in [0.2, 0.25) is 16.8 Å². The van der Waals surface area contributed by atoms with Gasteiger partial charge in [0.15, 0.2) is 11.5 Å². The van der Waals surface area contributed by atoms with Gasteiger partial charge in [0.1, 0.15) is 16.7 Å². The van der Waals surface area contributed by atoms with E-state index in [4.69, 9.17) is 14.2 Å². The van der Waals surface area contributed by atoms with Crippen molar-refractivity contribution in [1.82, 2.24) is 9.21 Å². The number of amides is 1. The number of hydrogen-bond acceptors (Lipinski definition) is 7. The maximum atomic E-state index is 13.7. The van der Waals surface area contributed by atoms with Crippen LogP contribution in [0.2, 0.25) is 0 Å². The summed E-state index contributed by atoms with van der Waals surface area (Å²) in [5.41, 5.74) is 2.18. The zero-order valence-corrected chi connectivity index (χ0v) is 22.9. The van der Waals surface area contributed by atoms with Crippen molar-refractivity contribution in [3.8, 4) is 28.4 Å². The van der Waals surface area contributed by atoms with E-state index in [9.17, 15) is 18.3 Å². The molecule has 0 spiro atoms. The van der Waals surface area contributed by atoms with Gasteiger partial charge in [-0.3, -0.25) is 4.79 Å². The summed E-state index contributed by atoms with van der Waals surface area (Å²) >= 11 is 0. The molecule has 206 valence electrons. The second kappa shape index (κ2) is 10.9. The Morgan fingerprint density at radius 2 is 1.77 bits per heavy atom. The Bertz CT molecular complexity index is 1460. The lowest BCUT2D eigenvalue weighted by Crippen LogP contribution is -2.50. The number of carbonyl (C=O) groups is 1. The van der Waals surface area contributed by atoms with Crippen molar-refractivity contribution in [2.75, 3.05) is 33.5 Å². The number of fused-ring (bicyclic) bond motifs is 2. The van der Waals surface area contributed by atoms with Gasteiger partial charge < -0.3 is 24.2 Å². The number of likely N-dealkylation sites (N-methyl/N-ethyl adjacent to an activating group) is 1. The lowest BCUT2D eigenvalue weighted by molar-refractivity contribution is 0.0563. The highest BCUT2D eigenvalue weighted by atomic mass is 32.2. The molecule has 0 saturated carbocycles. The molecule has 0 saturated heterocycles. The highest BCUT2D eigenvalue weighted by molar-refractivity contribution is 7.89. The second-order valence-electron chi connectivity index (χ2n) is 10.0. The molecule has 3 aromatic carbocycles. The lowest BCUT2D eigenvalue weighted by atomic mass is 10.0. The van der Waals surface area contributed by atoms with Crippen LogP contribution < -0.4 is 14.2 Å². The van der Waals surface area contributed by atoms with Gasteiger partial charge in [0, 0.05) is 31.1 Å². The van der Waals surface area contributed by atoms with Gasteiger partial charge in [-0.15, -0.1) is 0 Å². The second-order valence-corrected chi connectivity index (χ2v) is 11.9. The first-order valence-electron chi connectivity index (χ1n) is 12.8. The van der Waals surface area contributed by atoms with E-state index in [2.05, 4.69) is 0 Å². The van der Waals surface area contributed by atoms with E-state index in [1.165, 1.54) is 4.31 Å². The molecule has 3 atom stereocenters. The number of benzene rings is 3. The number of aliphatic hydroxyl groups excluding tert-OH is 1. The fraction of sp³-hybridized carbons (Fsp3) is 0.345. The van der Waals surface area contributed by atoms with Crippen LogP contribution in [0, 0.1) is 5.92 Å². The fourth-order valence-corrected chi connectivity index (χ4v) is 6.68. The molecule has 10 heteroatoms. The summed E-state index contributed by atoms with van der Waals surface area (Å²) < 4.78 is 46.0. The summed E-state index contributed by atoms with van der Waals surface area (Å²) in [4.78, 5) is 14.9. The molecule has 2 aliphatic heterocycles. The molecule has 2 heterocycles. The third-order valence-electron chi connectivity index (χ3n) is 7.19. The Labute approximate surface area is 228 Å². The van der Waals surface area contributed by atoms with Crippen molar-refractivity contribution in [3.05, 3.63) is 72.3 Å². The Balaban J connectivity index is 1.49. The van der Waals surface area contributed by atoms with Crippen LogP contribution in [0.15, 0.2) is 71.6 Å². The average Bonchev–Trinajstić information content (AvgIpc) is 3.42. The normalized spacial score (nSPS) is 20.7. The van der Waals surface area contributed by atoms with Gasteiger partial charge in [-0.1, -0.05) is 43.3 Å². The van der Waals surface area contributed by atoms with Gasteiger partial charge in [-0.05, 0) is 48.4 Å². The Kier molecular flexibility index (Phi) is 7.53. The van der Waals surface area contributed by atoms with Crippen molar-refractivity contribution in [2.24, 2.45) is 5.92 Å². The van der Waals surface area contributed by atoms with E-state index < -0.39 is 22.2 Å². The van der Waals surface area contributed by atoms with E-state index in [1.807, 2.05) is 37.3 Å². The third kappa shape index (κ3) is 5.32. The van der Waals surface area contributed by atoms with Crippen LogP contribution in [0.4, 0.5) is 0 Å². The summed E-state index contributed by atoms with van der Waals surface area (Å²) in [7, 11) is -2.27. The molecule has 5 rings (SSSR count). The number of rotatable bonds is 6. The SMILES string of the molecule is C[C@H]1CN([C@@H](C)CO)S(=O)(=O)c2ccc(-c3ccccc3)cc2O[C@@H]1CN(C)C(=O)c1ccc2c(c1)OCO2. The van der Waals surface area contributed by atoms with Gasteiger partial charge in [0.25, 0.3) is 5.91 Å². The molecule has 39 heavy (non-hydrogen) atoms. The molecule has 0 aliphatic carbocycles. The van der Waals surface area contributed by atoms with Crippen LogP contribution in [0.1, 0.15) is 24.2 Å². The lowest BCUT2D eigenvalue weighted by Gasteiger charge is -2.37. The summed E-state index contributed by atoms with van der Waals surface area (Å²) in [6, 6.07) is 19.1. The minimum Gasteiger partial charge on any atom is -0.487 e. The zero-order chi connectivity index (χ0) is 27.7. The quantitative estimate of drug-likeness (QED) is 0.498. The Morgan fingerprint density at radius 1 is 1.03 bits per heavy atom. The number of ether oxygens (including phenoxy) is 3. The molecule has 1 N–H and O–H groups in total. The first kappa shape index (κ1) is 27.0. The van der Waals surface area contributed by atoms with Crippen molar-refractivity contribution in [1.29, 1.82) is 0 Å². The third-order valence-corrected chi connectivity index (χ3v) is 9.21. The van der Waals surface area contributed by atoms with Crippen LogP contribution in [-0.4, -0.2) is 74.3 Å². The predicted molar refractivity (Wildman–Crippen MR) is 145 cm³/mol. The molecule has 9 nitrogen and oxygen atoms in total. The number of sulfonamides is 1. The molecule has 0 unspecified atom stereocenters. The van der Waals surface area contributed by atoms with Crippen LogP contribution >= 0.6 is 0 Å². The maximum Gasteiger partial charge on any atom is 0.253 e. The van der Waals surface area contributed by atoms with Crippen molar-refractivity contribution in [3.63, 3.8) is 0 Å². The van der Waals surface area contributed by atoms with E-state index in [1.54, 1.807) is 55.3 Å². The smallest absolute Gasteiger partial charge is 0.253 e. The van der Waals surface area contributed by atoms with Gasteiger partial charge >= 0.3 is 0 Å². The molecular weight excluding hydrogens is 520 g/mol. The number of carbonyl (C=O) groups excluding carboxylic acids is 1. The topological polar surface area (TPSA) is 106 Å². The van der Waals surface area contributed by atoms with E-state index in [0.717, 1.165) is 11.1 Å². The summed E-state index contributed by atoms with van der Waals surface area (Å²) in [6.45, 7) is 3.70. The van der Waals surface area contributed by atoms with Gasteiger partial charge in [-0.2, -0.15) is 4.31 Å². The molecule has 3 aromatic rings. The summed E-state index contributed by atoms with van der Waals surface area (Å²) in [5, 5.41) is 9.88. The van der Waals surface area contributed by atoms with Crippen molar-refractivity contribution in [2.45, 2.75) is 30.9 Å². The fourth-order valence-electron chi connectivity index (χ4n) is 4.86. The number of aliphatic hydroxyl groups is 1. The van der Waals surface area contributed by atoms with Crippen molar-refractivity contribution >= 4 is 15.9 Å². The first-order valence-corrected chi connectivity index (χ1v) is 14.3. The summed E-state index contributed by atoms with van der Waals surface area (Å²) in [6.07, 6.45) is -0.526. The first-order chi connectivity index (χ1) is 18.7. The van der Waals surface area contributed by atoms with E-state index in [0.29, 0.717) is 17.1 Å². The van der Waals surface area contributed by atoms with E-state index >= 15 is 0 Å². The van der Waals surface area contributed by atoms with E-state index in [-0.39, 0.29) is 49.0 Å². The molecule has 0 fully saturated rings. The summed E-state index contributed by atoms with van der Waals surface area (Å²) in [5.74, 6) is 0.807. The minimum atomic E-state index is -3.96. The average molecular weight is 553 g/mol. The van der Waals surface area contributed by atoms with Crippen LogP contribution in [0.5, 0.6) is 17.2 Å². The number of nitrogens with zero attached hydrogens (tertiary/aromatic N) is 2. The maximum absolute atomic E-state index is 13.7. The van der Waals surface area contributed by atoms with Crippen LogP contribution in [0.3, 0.4) is 0 Å². The van der Waals surface area contributed by atoms with Gasteiger partial charge in [-0.25, -0.2) is 8.42 Å². The standard InChI is InChI=1S/C29H32N2O7S/c1-19-15-31(20(2)17-32)39(34,35)28-12-10-22(21-7-5-4-6-8-21)13-26(28)38-27(19)16-30(3)29(33)23-9-11-24-25(14-23)37-18-36-24/h4-14,19-20,27,32H,15-18H2,1-3H3/t19-,20-,27+/m0/s1. The number of hydrogen-bond donors (Lipinski definition) is 1. The molecule has 0 aromatic heterocycles. The van der Waals surface area contributed by atoms with Crippen molar-refractivity contribution < 1.29 is 32.5 Å². The predicted octanol–water partition coefficient (Wildman–Crippen LogP) is 3.62. The molecule has 0 radical (unpaired) electrons. The molecule has 0 bridgehead atoms. The van der Waals surface area contributed by atoms with Gasteiger partial charge in [0.05, 0.1) is 13.2 Å². The molecule has 1 amide bonds.